The Hall–Kier alpha value is -0.840. The van der Waals surface area contributed by atoms with E-state index in [1.165, 1.54) is 0 Å². The lowest BCUT2D eigenvalue weighted by molar-refractivity contribution is -0.119. The fourth-order valence-corrected chi connectivity index (χ4v) is 0.762. The van der Waals surface area contributed by atoms with E-state index >= 15 is 0 Å². The third kappa shape index (κ3) is 0.717. The van der Waals surface area contributed by atoms with E-state index < -0.39 is 0 Å². The van der Waals surface area contributed by atoms with E-state index in [1.54, 1.807) is 6.07 Å². The molecule has 0 amide bonds. The van der Waals surface area contributed by atoms with E-state index in [4.69, 9.17) is 5.26 Å². The predicted octanol–water partition coefficient (Wildman–Crippen LogP) is 0.879. The van der Waals surface area contributed by atoms with Gasteiger partial charge in [-0.05, 0) is 12.8 Å². The van der Waals surface area contributed by atoms with Gasteiger partial charge in [0.2, 0.25) is 5.78 Å². The monoisotopic (exact) mass is 109 g/mol. The number of hydrogen-bond donors (Lipinski definition) is 0. The van der Waals surface area contributed by atoms with E-state index in [-0.39, 0.29) is 11.7 Å². The summed E-state index contributed by atoms with van der Waals surface area (Å²) in [6.07, 6.45) is 3.00. The van der Waals surface area contributed by atoms with E-state index in [9.17, 15) is 4.79 Å². The van der Waals surface area contributed by atoms with Crippen LogP contribution in [0.3, 0.4) is 0 Å². The van der Waals surface area contributed by atoms with Gasteiger partial charge in [0, 0.05) is 5.92 Å². The van der Waals surface area contributed by atoms with Gasteiger partial charge in [-0.15, -0.1) is 0 Å². The first-order valence-corrected chi connectivity index (χ1v) is 2.78. The Kier molecular flexibility index (Phi) is 1.29. The van der Waals surface area contributed by atoms with Crippen LogP contribution >= 0.6 is 0 Å². The molecular weight excluding hydrogens is 102 g/mol. The molecule has 0 N–H and O–H groups in total. The van der Waals surface area contributed by atoms with Crippen molar-refractivity contribution in [3.05, 3.63) is 0 Å². The zero-order valence-electron chi connectivity index (χ0n) is 4.55. The zero-order valence-corrected chi connectivity index (χ0v) is 4.55. The molecule has 0 saturated heterocycles. The Morgan fingerprint density at radius 2 is 2.25 bits per heavy atom. The van der Waals surface area contributed by atoms with Gasteiger partial charge in [0.15, 0.2) is 0 Å². The van der Waals surface area contributed by atoms with Crippen LogP contribution in [0.15, 0.2) is 0 Å². The molecule has 0 bridgehead atoms. The number of ketones is 1. The normalized spacial score (nSPS) is 18.9. The van der Waals surface area contributed by atoms with Gasteiger partial charge in [-0.3, -0.25) is 4.79 Å². The summed E-state index contributed by atoms with van der Waals surface area (Å²) in [6.45, 7) is 0. The van der Waals surface area contributed by atoms with Crippen LogP contribution in [0.4, 0.5) is 0 Å². The van der Waals surface area contributed by atoms with Crippen LogP contribution in [0.5, 0.6) is 0 Å². The standard InChI is InChI=1S/C6H7NO/c7-4-6(8)5-2-1-3-5/h5H,1-3H2. The van der Waals surface area contributed by atoms with Crippen LogP contribution in [0.2, 0.25) is 0 Å². The van der Waals surface area contributed by atoms with Crippen molar-refractivity contribution in [3.63, 3.8) is 0 Å². The van der Waals surface area contributed by atoms with Gasteiger partial charge in [0.05, 0.1) is 0 Å². The van der Waals surface area contributed by atoms with Crippen LogP contribution in [-0.4, -0.2) is 5.78 Å². The van der Waals surface area contributed by atoms with Crippen molar-refractivity contribution in [3.8, 4) is 6.07 Å². The first-order chi connectivity index (χ1) is 3.84. The third-order valence-electron chi connectivity index (χ3n) is 1.59. The Morgan fingerprint density at radius 1 is 1.62 bits per heavy atom. The number of carbonyl (C=O) groups excluding carboxylic acids is 1. The van der Waals surface area contributed by atoms with Crippen molar-refractivity contribution >= 4 is 5.78 Å². The molecule has 2 heteroatoms. The van der Waals surface area contributed by atoms with Gasteiger partial charge in [0.25, 0.3) is 0 Å². The summed E-state index contributed by atoms with van der Waals surface area (Å²) in [7, 11) is 0. The number of Topliss-reactive ketones (excluding diaryl/α,β-unsaturated/α-hetero) is 1. The number of hydrogen-bond acceptors (Lipinski definition) is 2. The summed E-state index contributed by atoms with van der Waals surface area (Å²) in [5.41, 5.74) is 0. The molecule has 1 aliphatic carbocycles. The van der Waals surface area contributed by atoms with Crippen LogP contribution < -0.4 is 0 Å². The lowest BCUT2D eigenvalue weighted by Crippen LogP contribution is -2.19. The average molecular weight is 109 g/mol. The van der Waals surface area contributed by atoms with Crippen molar-refractivity contribution in [2.75, 3.05) is 0 Å². The minimum absolute atomic E-state index is 0.0972. The van der Waals surface area contributed by atoms with Crippen LogP contribution in [0.1, 0.15) is 19.3 Å². The maximum Gasteiger partial charge on any atom is 0.234 e. The molecule has 2 nitrogen and oxygen atoms in total. The third-order valence-corrected chi connectivity index (χ3v) is 1.59. The van der Waals surface area contributed by atoms with Crippen molar-refractivity contribution < 1.29 is 4.79 Å². The number of nitrogens with zero attached hydrogens (tertiary/aromatic N) is 1. The van der Waals surface area contributed by atoms with E-state index in [2.05, 4.69) is 0 Å². The molecule has 1 rings (SSSR count). The highest BCUT2D eigenvalue weighted by Gasteiger charge is 2.24. The second kappa shape index (κ2) is 1.95. The molecule has 0 aliphatic heterocycles. The summed E-state index contributed by atoms with van der Waals surface area (Å²) < 4.78 is 0. The van der Waals surface area contributed by atoms with Crippen molar-refractivity contribution in [2.45, 2.75) is 19.3 Å². The molecule has 0 aromatic carbocycles. The molecule has 1 fully saturated rings. The minimum atomic E-state index is -0.226. The maximum absolute atomic E-state index is 10.4. The largest absolute Gasteiger partial charge is 0.282 e. The topological polar surface area (TPSA) is 40.9 Å². The summed E-state index contributed by atoms with van der Waals surface area (Å²) in [5, 5.41) is 8.07. The molecule has 0 spiro atoms. The fourth-order valence-electron chi connectivity index (χ4n) is 0.762. The molecule has 0 unspecified atom stereocenters. The lowest BCUT2D eigenvalue weighted by atomic mass is 9.83. The average Bonchev–Trinajstić information content (AvgIpc) is 1.62. The van der Waals surface area contributed by atoms with Gasteiger partial charge in [0.1, 0.15) is 6.07 Å². The van der Waals surface area contributed by atoms with Crippen LogP contribution in [0, 0.1) is 17.2 Å². The highest BCUT2D eigenvalue weighted by Crippen LogP contribution is 2.26. The quantitative estimate of drug-likeness (QED) is 0.469. The van der Waals surface area contributed by atoms with Crippen molar-refractivity contribution in [2.24, 2.45) is 5.92 Å². The van der Waals surface area contributed by atoms with Crippen LogP contribution in [-0.2, 0) is 4.79 Å². The maximum atomic E-state index is 10.4. The highest BCUT2D eigenvalue weighted by atomic mass is 16.1. The number of carbonyl (C=O) groups is 1. The molecule has 0 radical (unpaired) electrons. The van der Waals surface area contributed by atoms with Crippen LogP contribution in [0.25, 0.3) is 0 Å². The minimum Gasteiger partial charge on any atom is -0.282 e. The second-order valence-corrected chi connectivity index (χ2v) is 2.10. The molecule has 8 heavy (non-hydrogen) atoms. The first-order valence-electron chi connectivity index (χ1n) is 2.78. The molecule has 1 aliphatic rings. The van der Waals surface area contributed by atoms with Gasteiger partial charge >= 0.3 is 0 Å². The van der Waals surface area contributed by atoms with Crippen molar-refractivity contribution in [1.29, 1.82) is 5.26 Å². The van der Waals surface area contributed by atoms with Crippen molar-refractivity contribution in [1.82, 2.24) is 0 Å². The summed E-state index contributed by atoms with van der Waals surface area (Å²) in [6, 6.07) is 1.63. The van der Waals surface area contributed by atoms with E-state index in [1.807, 2.05) is 0 Å². The first kappa shape index (κ1) is 5.30. The Labute approximate surface area is 48.1 Å². The Bertz CT molecular complexity index is 141. The number of rotatable bonds is 1. The SMILES string of the molecule is N#CC(=O)C1CCC1. The predicted molar refractivity (Wildman–Crippen MR) is 28.0 cm³/mol. The zero-order chi connectivity index (χ0) is 5.98. The van der Waals surface area contributed by atoms with Gasteiger partial charge in [-0.2, -0.15) is 5.26 Å². The van der Waals surface area contributed by atoms with Gasteiger partial charge in [-0.25, -0.2) is 0 Å². The molecule has 0 heterocycles. The highest BCUT2D eigenvalue weighted by molar-refractivity contribution is 5.95. The molecule has 1 saturated carbocycles. The molecule has 42 valence electrons. The summed E-state index contributed by atoms with van der Waals surface area (Å²) in [4.78, 5) is 10.4. The van der Waals surface area contributed by atoms with E-state index in [0.29, 0.717) is 0 Å². The Morgan fingerprint density at radius 3 is 2.38 bits per heavy atom. The van der Waals surface area contributed by atoms with E-state index in [0.717, 1.165) is 19.3 Å². The smallest absolute Gasteiger partial charge is 0.234 e. The molecule has 0 aromatic rings. The van der Waals surface area contributed by atoms with Gasteiger partial charge in [-0.1, -0.05) is 6.42 Å². The molecule has 0 aromatic heterocycles. The van der Waals surface area contributed by atoms with Gasteiger partial charge < -0.3 is 0 Å². The lowest BCUT2D eigenvalue weighted by Gasteiger charge is -2.19. The second-order valence-electron chi connectivity index (χ2n) is 2.10. The fraction of sp³-hybridized carbons (Fsp3) is 0.667. The Balaban J connectivity index is 2.37. The number of nitriles is 1. The summed E-state index contributed by atoms with van der Waals surface area (Å²) in [5.74, 6) is -0.128. The summed E-state index contributed by atoms with van der Waals surface area (Å²) >= 11 is 0. The molecule has 0 atom stereocenters. The molecular formula is C6H7NO.